The van der Waals surface area contributed by atoms with Crippen LogP contribution in [0.1, 0.15) is 19.4 Å². The molecule has 0 saturated carbocycles. The minimum Gasteiger partial charge on any atom is -0.497 e. The summed E-state index contributed by atoms with van der Waals surface area (Å²) < 4.78 is 5.08. The van der Waals surface area contributed by atoms with Gasteiger partial charge in [0.25, 0.3) is 0 Å². The molecular weight excluding hydrogens is 259 g/mol. The number of benzene rings is 1. The molecule has 0 aliphatic rings. The van der Waals surface area contributed by atoms with Crippen molar-refractivity contribution >= 4 is 15.1 Å². The number of nitrogens with one attached hydrogen (secondary N) is 2. The Morgan fingerprint density at radius 2 is 1.95 bits per heavy atom. The zero-order valence-corrected chi connectivity index (χ0v) is 12.9. The van der Waals surface area contributed by atoms with E-state index in [-0.39, 0.29) is 11.9 Å². The highest BCUT2D eigenvalue weighted by atomic mass is 31.0. The van der Waals surface area contributed by atoms with Crippen LogP contribution >= 0.6 is 9.24 Å². The van der Waals surface area contributed by atoms with Crippen molar-refractivity contribution in [1.29, 1.82) is 0 Å². The number of rotatable bonds is 7. The maximum Gasteiger partial charge on any atom is 0.224 e. The minimum absolute atomic E-state index is 0.0378. The fourth-order valence-electron chi connectivity index (χ4n) is 1.67. The van der Waals surface area contributed by atoms with E-state index in [1.54, 1.807) is 7.11 Å². The quantitative estimate of drug-likeness (QED) is 0.746. The summed E-state index contributed by atoms with van der Waals surface area (Å²) in [6.07, 6.45) is 0.394. The van der Waals surface area contributed by atoms with Crippen molar-refractivity contribution in [3.05, 3.63) is 29.8 Å². The monoisotopic (exact) mass is 282 g/mol. The molecule has 3 atom stereocenters. The van der Waals surface area contributed by atoms with Crippen LogP contribution in [0.3, 0.4) is 0 Å². The van der Waals surface area contributed by atoms with Gasteiger partial charge < -0.3 is 15.4 Å². The molecule has 2 N–H and O–H groups in total. The Bertz CT molecular complexity index is 393. The van der Waals surface area contributed by atoms with Crippen LogP contribution in [0.4, 0.5) is 0 Å². The molecule has 0 saturated heterocycles. The molecular formula is C14H23N2O2P. The third kappa shape index (κ3) is 6.55. The lowest BCUT2D eigenvalue weighted by Crippen LogP contribution is -2.41. The van der Waals surface area contributed by atoms with Crippen molar-refractivity contribution in [2.24, 2.45) is 0 Å². The molecule has 1 amide bonds. The fourth-order valence-corrected chi connectivity index (χ4v) is 1.80. The van der Waals surface area contributed by atoms with E-state index in [4.69, 9.17) is 4.74 Å². The number of amides is 1. The van der Waals surface area contributed by atoms with E-state index in [9.17, 15) is 4.79 Å². The predicted molar refractivity (Wildman–Crippen MR) is 81.5 cm³/mol. The van der Waals surface area contributed by atoms with E-state index in [0.29, 0.717) is 12.2 Å². The first-order valence-corrected chi connectivity index (χ1v) is 7.09. The van der Waals surface area contributed by atoms with Crippen LogP contribution in [-0.4, -0.2) is 31.4 Å². The largest absolute Gasteiger partial charge is 0.497 e. The van der Waals surface area contributed by atoms with E-state index in [1.807, 2.05) is 31.2 Å². The molecule has 19 heavy (non-hydrogen) atoms. The Labute approximate surface area is 117 Å². The number of methoxy groups -OCH3 is 1. The minimum atomic E-state index is 0.0378. The first-order chi connectivity index (χ1) is 9.01. The molecule has 0 spiro atoms. The molecule has 106 valence electrons. The van der Waals surface area contributed by atoms with Crippen LogP contribution < -0.4 is 15.4 Å². The van der Waals surface area contributed by atoms with Gasteiger partial charge in [0.15, 0.2) is 0 Å². The molecule has 5 heteroatoms. The summed E-state index contributed by atoms with van der Waals surface area (Å²) in [5.41, 5.74) is 0.984. The number of carbonyl (C=O) groups excluding carboxylic acids is 1. The molecule has 1 aromatic carbocycles. The summed E-state index contributed by atoms with van der Waals surface area (Å²) in [6, 6.07) is 7.67. The van der Waals surface area contributed by atoms with Crippen molar-refractivity contribution in [1.82, 2.24) is 10.6 Å². The van der Waals surface area contributed by atoms with Crippen molar-refractivity contribution in [3.8, 4) is 5.75 Å². The van der Waals surface area contributed by atoms with Gasteiger partial charge in [-0.25, -0.2) is 0 Å². The molecule has 0 aliphatic heterocycles. The molecule has 0 bridgehead atoms. The van der Waals surface area contributed by atoms with E-state index in [1.165, 1.54) is 0 Å². The summed E-state index contributed by atoms with van der Waals surface area (Å²) in [5.74, 6) is 1.19. The Balaban J connectivity index is 2.37. The van der Waals surface area contributed by atoms with Gasteiger partial charge in [0, 0.05) is 18.4 Å². The van der Waals surface area contributed by atoms with Crippen LogP contribution in [0.5, 0.6) is 5.75 Å². The maximum absolute atomic E-state index is 11.8. The third-order valence-corrected chi connectivity index (χ3v) is 2.91. The Hall–Kier alpha value is -1.12. The maximum atomic E-state index is 11.8. The SMILES string of the molecule is COc1ccc(CC(=O)NC(C)CNC(C)P)cc1. The summed E-state index contributed by atoms with van der Waals surface area (Å²) in [7, 11) is 4.30. The van der Waals surface area contributed by atoms with Gasteiger partial charge in [-0.1, -0.05) is 12.1 Å². The summed E-state index contributed by atoms with van der Waals surface area (Å²) in [5, 5.41) is 6.23. The van der Waals surface area contributed by atoms with Gasteiger partial charge >= 0.3 is 0 Å². The number of carbonyl (C=O) groups is 1. The highest BCUT2D eigenvalue weighted by Crippen LogP contribution is 2.11. The van der Waals surface area contributed by atoms with Gasteiger partial charge in [0.05, 0.1) is 13.5 Å². The topological polar surface area (TPSA) is 50.4 Å². The Morgan fingerprint density at radius 3 is 2.47 bits per heavy atom. The molecule has 1 rings (SSSR count). The summed E-state index contributed by atoms with van der Waals surface area (Å²) >= 11 is 0. The van der Waals surface area contributed by atoms with Crippen molar-refractivity contribution in [2.45, 2.75) is 32.1 Å². The molecule has 0 radical (unpaired) electrons. The van der Waals surface area contributed by atoms with Crippen molar-refractivity contribution < 1.29 is 9.53 Å². The fraction of sp³-hybridized carbons (Fsp3) is 0.500. The first-order valence-electron chi connectivity index (χ1n) is 6.42. The highest BCUT2D eigenvalue weighted by molar-refractivity contribution is 7.17. The van der Waals surface area contributed by atoms with E-state index >= 15 is 0 Å². The van der Waals surface area contributed by atoms with Crippen molar-refractivity contribution in [3.63, 3.8) is 0 Å². The van der Waals surface area contributed by atoms with Gasteiger partial charge in [0.1, 0.15) is 5.75 Å². The van der Waals surface area contributed by atoms with E-state index < -0.39 is 0 Å². The van der Waals surface area contributed by atoms with Crippen molar-refractivity contribution in [2.75, 3.05) is 13.7 Å². The predicted octanol–water partition coefficient (Wildman–Crippen LogP) is 1.55. The molecule has 1 aromatic rings. The molecule has 3 unspecified atom stereocenters. The standard InChI is InChI=1S/C14H23N2O2P/c1-10(9-15-11(2)19)16-14(17)8-12-4-6-13(18-3)7-5-12/h4-7,10-11,15H,8-9,19H2,1-3H3,(H,16,17). The highest BCUT2D eigenvalue weighted by Gasteiger charge is 2.08. The van der Waals surface area contributed by atoms with Crippen LogP contribution in [0.2, 0.25) is 0 Å². The smallest absolute Gasteiger partial charge is 0.224 e. The van der Waals surface area contributed by atoms with Gasteiger partial charge in [-0.3, -0.25) is 4.79 Å². The molecule has 0 heterocycles. The average molecular weight is 282 g/mol. The number of hydrogen-bond acceptors (Lipinski definition) is 3. The summed E-state index contributed by atoms with van der Waals surface area (Å²) in [6.45, 7) is 4.81. The molecule has 0 fully saturated rings. The van der Waals surface area contributed by atoms with Gasteiger partial charge in [-0.2, -0.15) is 0 Å². The lowest BCUT2D eigenvalue weighted by molar-refractivity contribution is -0.121. The average Bonchev–Trinajstić information content (AvgIpc) is 2.37. The van der Waals surface area contributed by atoms with Crippen LogP contribution in [-0.2, 0) is 11.2 Å². The zero-order valence-electron chi connectivity index (χ0n) is 11.8. The van der Waals surface area contributed by atoms with Crippen LogP contribution in [0, 0.1) is 0 Å². The Morgan fingerprint density at radius 1 is 1.32 bits per heavy atom. The van der Waals surface area contributed by atoms with Crippen LogP contribution in [0.25, 0.3) is 0 Å². The second kappa shape index (κ2) is 8.13. The lowest BCUT2D eigenvalue weighted by Gasteiger charge is -2.16. The second-order valence-electron chi connectivity index (χ2n) is 4.69. The van der Waals surface area contributed by atoms with Gasteiger partial charge in [-0.15, -0.1) is 9.24 Å². The number of hydrogen-bond donors (Lipinski definition) is 2. The normalized spacial score (nSPS) is 13.7. The van der Waals surface area contributed by atoms with E-state index in [0.717, 1.165) is 17.9 Å². The zero-order chi connectivity index (χ0) is 14.3. The van der Waals surface area contributed by atoms with Crippen LogP contribution in [0.15, 0.2) is 24.3 Å². The molecule has 0 aliphatic carbocycles. The second-order valence-corrected chi connectivity index (χ2v) is 5.69. The molecule has 4 nitrogen and oxygen atoms in total. The first kappa shape index (κ1) is 15.9. The van der Waals surface area contributed by atoms with Gasteiger partial charge in [0.2, 0.25) is 5.91 Å². The Kier molecular flexibility index (Phi) is 6.82. The lowest BCUT2D eigenvalue weighted by atomic mass is 10.1. The molecule has 0 aromatic heterocycles. The van der Waals surface area contributed by atoms with Gasteiger partial charge in [-0.05, 0) is 31.5 Å². The van der Waals surface area contributed by atoms with E-state index in [2.05, 4.69) is 26.8 Å². The summed E-state index contributed by atoms with van der Waals surface area (Å²) in [4.78, 5) is 11.8. The third-order valence-electron chi connectivity index (χ3n) is 2.68. The number of ether oxygens (including phenoxy) is 1.